The van der Waals surface area contributed by atoms with Gasteiger partial charge in [-0.1, -0.05) is 67.4 Å². The molecule has 1 aliphatic carbocycles. The Bertz CT molecular complexity index is 1330. The Kier molecular flexibility index (Phi) is 10.1. The molecule has 0 atom stereocenters. The number of ether oxygens (including phenoxy) is 1. The van der Waals surface area contributed by atoms with E-state index < -0.39 is 6.09 Å². The van der Waals surface area contributed by atoms with Gasteiger partial charge in [0.25, 0.3) is 0 Å². The quantitative estimate of drug-likeness (QED) is 0.314. The van der Waals surface area contributed by atoms with Crippen LogP contribution in [0.1, 0.15) is 62.5 Å². The lowest BCUT2D eigenvalue weighted by Gasteiger charge is -2.36. The van der Waals surface area contributed by atoms with Crippen LogP contribution in [-0.4, -0.2) is 49.2 Å². The topological polar surface area (TPSA) is 87.9 Å². The van der Waals surface area contributed by atoms with Crippen molar-refractivity contribution in [3.63, 3.8) is 0 Å². The molecule has 2 amide bonds. The lowest BCUT2D eigenvalue weighted by molar-refractivity contribution is -0.134. The number of carbonyl (C=O) groups is 2. The Labute approximate surface area is 250 Å². The van der Waals surface area contributed by atoms with Crippen LogP contribution in [-0.2, 0) is 22.5 Å². The van der Waals surface area contributed by atoms with E-state index in [1.165, 1.54) is 20.0 Å². The molecule has 0 spiro atoms. The van der Waals surface area contributed by atoms with E-state index in [0.717, 1.165) is 85.2 Å². The third-order valence-corrected chi connectivity index (χ3v) is 8.68. The summed E-state index contributed by atoms with van der Waals surface area (Å²) in [7, 11) is 1.39. The molecule has 3 N–H and O–H groups in total. The van der Waals surface area contributed by atoms with E-state index in [9.17, 15) is 9.59 Å². The van der Waals surface area contributed by atoms with Crippen molar-refractivity contribution in [1.82, 2.24) is 4.90 Å². The van der Waals surface area contributed by atoms with Gasteiger partial charge in [0.15, 0.2) is 0 Å². The predicted molar refractivity (Wildman–Crippen MR) is 170 cm³/mol. The molecule has 1 saturated carbocycles. The highest BCUT2D eigenvalue weighted by Crippen LogP contribution is 2.34. The molecule has 3 aromatic rings. The Morgan fingerprint density at radius 1 is 0.857 bits per heavy atom. The van der Waals surface area contributed by atoms with Gasteiger partial charge in [0, 0.05) is 31.7 Å². The highest BCUT2D eigenvalue weighted by molar-refractivity contribution is 5.91. The summed E-state index contributed by atoms with van der Waals surface area (Å²) in [4.78, 5) is 30.4. The average molecular weight is 569 g/mol. The van der Waals surface area contributed by atoms with Crippen LogP contribution in [0.25, 0.3) is 11.1 Å². The molecule has 0 aromatic heterocycles. The van der Waals surface area contributed by atoms with E-state index in [1.807, 2.05) is 36.4 Å². The summed E-state index contributed by atoms with van der Waals surface area (Å²) in [5.74, 6) is 0.151. The molecule has 7 nitrogen and oxygen atoms in total. The number of nitrogens with one attached hydrogen (secondary N) is 1. The van der Waals surface area contributed by atoms with Crippen LogP contribution in [0.5, 0.6) is 0 Å². The second kappa shape index (κ2) is 14.4. The number of hydrogen-bond acceptors (Lipinski definition) is 5. The summed E-state index contributed by atoms with van der Waals surface area (Å²) in [6, 6.07) is 25.1. The number of nitrogens with two attached hydrogens (primary N) is 1. The molecular formula is C35H44N4O3. The lowest BCUT2D eigenvalue weighted by Crippen LogP contribution is -2.44. The van der Waals surface area contributed by atoms with Crippen molar-refractivity contribution in [2.24, 2.45) is 5.73 Å². The maximum Gasteiger partial charge on any atom is 0.411 e. The molecule has 0 radical (unpaired) electrons. The van der Waals surface area contributed by atoms with Gasteiger partial charge in [-0.3, -0.25) is 10.1 Å². The minimum atomic E-state index is -0.475. The molecule has 0 unspecified atom stereocenters. The first-order valence-corrected chi connectivity index (χ1v) is 15.4. The third kappa shape index (κ3) is 7.71. The zero-order valence-electron chi connectivity index (χ0n) is 24.8. The van der Waals surface area contributed by atoms with Crippen molar-refractivity contribution < 1.29 is 14.3 Å². The molecule has 7 heteroatoms. The Balaban J connectivity index is 1.40. The zero-order chi connectivity index (χ0) is 29.3. The third-order valence-electron chi connectivity index (χ3n) is 8.68. The fourth-order valence-electron chi connectivity index (χ4n) is 6.32. The highest BCUT2D eigenvalue weighted by atomic mass is 16.5. The largest absolute Gasteiger partial charge is 0.453 e. The number of nitrogens with zero attached hydrogens (tertiary/aromatic N) is 2. The Morgan fingerprint density at radius 2 is 1.55 bits per heavy atom. The lowest BCUT2D eigenvalue weighted by atomic mass is 9.90. The first-order chi connectivity index (χ1) is 20.5. The van der Waals surface area contributed by atoms with Crippen molar-refractivity contribution in [3.8, 4) is 11.1 Å². The monoisotopic (exact) mass is 568 g/mol. The summed E-state index contributed by atoms with van der Waals surface area (Å²) in [5.41, 5.74) is 12.2. The summed E-state index contributed by atoms with van der Waals surface area (Å²) < 4.78 is 4.94. The van der Waals surface area contributed by atoms with Crippen molar-refractivity contribution >= 4 is 23.4 Å². The number of anilines is 2. The standard InChI is InChI=1S/C35H44N4O3/c1-42-35(41)37-32-24-29(14-19-33(32)38-20-7-2-3-8-21-38)28-13-9-12-27(22-28)25-39(31-17-15-30(36)16-18-31)34(40)23-26-10-5-4-6-11-26/h4-6,9-14,19,22,24,30-31H,2-3,7-8,15-18,20-21,23,25,36H2,1H3,(H,37,41). The number of amides is 2. The van der Waals surface area contributed by atoms with E-state index in [4.69, 9.17) is 10.5 Å². The number of rotatable bonds is 8. The van der Waals surface area contributed by atoms with Crippen LogP contribution in [0.2, 0.25) is 0 Å². The second-order valence-corrected chi connectivity index (χ2v) is 11.7. The molecule has 222 valence electrons. The first-order valence-electron chi connectivity index (χ1n) is 15.4. The summed E-state index contributed by atoms with van der Waals surface area (Å²) >= 11 is 0. The maximum absolute atomic E-state index is 13.7. The van der Waals surface area contributed by atoms with E-state index in [1.54, 1.807) is 0 Å². The van der Waals surface area contributed by atoms with Crippen molar-refractivity contribution in [2.45, 2.75) is 76.4 Å². The Hall–Kier alpha value is -3.84. The minimum absolute atomic E-state index is 0.151. The van der Waals surface area contributed by atoms with Crippen molar-refractivity contribution in [1.29, 1.82) is 0 Å². The minimum Gasteiger partial charge on any atom is -0.453 e. The smallest absolute Gasteiger partial charge is 0.411 e. The molecule has 3 aromatic carbocycles. The Morgan fingerprint density at radius 3 is 2.26 bits per heavy atom. The fraction of sp³-hybridized carbons (Fsp3) is 0.429. The van der Waals surface area contributed by atoms with Crippen LogP contribution in [0, 0.1) is 0 Å². The number of benzene rings is 3. The summed E-state index contributed by atoms with van der Waals surface area (Å²) in [6.45, 7) is 2.51. The van der Waals surface area contributed by atoms with Crippen LogP contribution in [0.3, 0.4) is 0 Å². The fourth-order valence-corrected chi connectivity index (χ4v) is 6.32. The predicted octanol–water partition coefficient (Wildman–Crippen LogP) is 6.75. The van der Waals surface area contributed by atoms with E-state index in [0.29, 0.717) is 13.0 Å². The number of carbonyl (C=O) groups excluding carboxylic acids is 2. The van der Waals surface area contributed by atoms with Crippen LogP contribution in [0.15, 0.2) is 72.8 Å². The molecule has 1 heterocycles. The van der Waals surface area contributed by atoms with Gasteiger partial charge in [-0.05, 0) is 79.0 Å². The second-order valence-electron chi connectivity index (χ2n) is 11.7. The normalized spacial score (nSPS) is 19.0. The first kappa shape index (κ1) is 29.6. The molecule has 1 saturated heterocycles. The van der Waals surface area contributed by atoms with Gasteiger partial charge in [-0.2, -0.15) is 0 Å². The molecule has 42 heavy (non-hydrogen) atoms. The van der Waals surface area contributed by atoms with Gasteiger partial charge in [-0.25, -0.2) is 4.79 Å². The van der Waals surface area contributed by atoms with Crippen molar-refractivity contribution in [2.75, 3.05) is 30.4 Å². The van der Waals surface area contributed by atoms with Gasteiger partial charge in [0.2, 0.25) is 5.91 Å². The van der Waals surface area contributed by atoms with Crippen LogP contribution < -0.4 is 16.0 Å². The molecular weight excluding hydrogens is 524 g/mol. The van der Waals surface area contributed by atoms with E-state index in [-0.39, 0.29) is 18.0 Å². The van der Waals surface area contributed by atoms with Crippen LogP contribution in [0.4, 0.5) is 16.2 Å². The van der Waals surface area contributed by atoms with E-state index in [2.05, 4.69) is 51.5 Å². The van der Waals surface area contributed by atoms with Crippen LogP contribution >= 0.6 is 0 Å². The average Bonchev–Trinajstić information content (AvgIpc) is 3.30. The molecule has 2 fully saturated rings. The van der Waals surface area contributed by atoms with Gasteiger partial charge in [0.05, 0.1) is 24.9 Å². The molecule has 1 aliphatic heterocycles. The summed E-state index contributed by atoms with van der Waals surface area (Å²) in [5, 5.41) is 2.95. The van der Waals surface area contributed by atoms with Gasteiger partial charge >= 0.3 is 6.09 Å². The molecule has 5 rings (SSSR count). The highest BCUT2D eigenvalue weighted by Gasteiger charge is 2.28. The maximum atomic E-state index is 13.7. The van der Waals surface area contributed by atoms with Gasteiger partial charge < -0.3 is 20.3 Å². The zero-order valence-corrected chi connectivity index (χ0v) is 24.8. The van der Waals surface area contributed by atoms with Crippen molar-refractivity contribution in [3.05, 3.63) is 83.9 Å². The molecule has 0 bridgehead atoms. The van der Waals surface area contributed by atoms with Gasteiger partial charge in [0.1, 0.15) is 0 Å². The van der Waals surface area contributed by atoms with Gasteiger partial charge in [-0.15, -0.1) is 0 Å². The number of hydrogen-bond donors (Lipinski definition) is 2. The molecule has 2 aliphatic rings. The summed E-state index contributed by atoms with van der Waals surface area (Å²) in [6.07, 6.45) is 8.43. The number of methoxy groups -OCH3 is 1. The van der Waals surface area contributed by atoms with E-state index >= 15 is 0 Å². The SMILES string of the molecule is COC(=O)Nc1cc(-c2cccc(CN(C(=O)Cc3ccccc3)C3CCC(N)CC3)c2)ccc1N1CCCCCC1.